The zero-order valence-electron chi connectivity index (χ0n) is 20.9. The lowest BCUT2D eigenvalue weighted by atomic mass is 9.66. The van der Waals surface area contributed by atoms with Gasteiger partial charge in [0.05, 0.1) is 0 Å². The van der Waals surface area contributed by atoms with E-state index in [-0.39, 0.29) is 5.66 Å². The molecule has 1 aromatic heterocycles. The van der Waals surface area contributed by atoms with E-state index in [2.05, 4.69) is 25.0 Å². The second-order valence-corrected chi connectivity index (χ2v) is 12.8. The number of piperazine rings is 1. The Kier molecular flexibility index (Phi) is 5.99. The summed E-state index contributed by atoms with van der Waals surface area (Å²) in [5.74, 6) is 3.05. The third-order valence-electron chi connectivity index (χ3n) is 10.3. The summed E-state index contributed by atoms with van der Waals surface area (Å²) in [7, 11) is 0. The van der Waals surface area contributed by atoms with Crippen molar-refractivity contribution < 1.29 is 0 Å². The number of hydrogen-bond acceptors (Lipinski definition) is 6. The first kappa shape index (κ1) is 22.2. The van der Waals surface area contributed by atoms with E-state index < -0.39 is 0 Å². The van der Waals surface area contributed by atoms with Gasteiger partial charge in [-0.2, -0.15) is 0 Å². The lowest BCUT2D eigenvalue weighted by Gasteiger charge is -2.55. The Labute approximate surface area is 209 Å². The fraction of sp³-hybridized carbons (Fsp3) is 0.857. The van der Waals surface area contributed by atoms with Crippen molar-refractivity contribution in [1.29, 1.82) is 0 Å². The molecule has 6 heteroatoms. The Morgan fingerprint density at radius 1 is 0.824 bits per heavy atom. The first-order valence-electron chi connectivity index (χ1n) is 14.7. The highest BCUT2D eigenvalue weighted by molar-refractivity contribution is 7.03. The lowest BCUT2D eigenvalue weighted by molar-refractivity contribution is -0.100. The van der Waals surface area contributed by atoms with Gasteiger partial charge in [0.1, 0.15) is 11.4 Å². The highest BCUT2D eigenvalue weighted by Gasteiger charge is 2.65. The van der Waals surface area contributed by atoms with E-state index in [1.807, 2.05) is 11.3 Å². The number of nitrogens with zero attached hydrogens (tertiary/aromatic N) is 4. The SMILES string of the molecule is c1snnc1C1(N2CCNCC2)C(C2CCCCC2)C(C2CCCC2)=C(C2CCC2)N1C1CC1. The molecule has 0 aromatic carbocycles. The maximum absolute atomic E-state index is 4.99. The summed E-state index contributed by atoms with van der Waals surface area (Å²) >= 11 is 1.59. The highest BCUT2D eigenvalue weighted by atomic mass is 32.1. The zero-order chi connectivity index (χ0) is 22.5. The molecule has 0 radical (unpaired) electrons. The van der Waals surface area contributed by atoms with Crippen LogP contribution in [0.3, 0.4) is 0 Å². The van der Waals surface area contributed by atoms with Crippen molar-refractivity contribution in [2.75, 3.05) is 26.2 Å². The summed E-state index contributed by atoms with van der Waals surface area (Å²) in [5.41, 5.74) is 5.02. The average Bonchev–Trinajstić information content (AvgIpc) is 3.25. The summed E-state index contributed by atoms with van der Waals surface area (Å²) in [6, 6.07) is 0.720. The van der Waals surface area contributed by atoms with Gasteiger partial charge in [0, 0.05) is 49.2 Å². The second kappa shape index (κ2) is 9.15. The minimum atomic E-state index is -0.0822. The number of rotatable bonds is 6. The molecule has 5 nitrogen and oxygen atoms in total. The Morgan fingerprint density at radius 2 is 1.53 bits per heavy atom. The number of nitrogens with one attached hydrogen (secondary N) is 1. The van der Waals surface area contributed by atoms with E-state index in [1.54, 1.807) is 11.5 Å². The van der Waals surface area contributed by atoms with Crippen molar-refractivity contribution in [3.05, 3.63) is 22.3 Å². The second-order valence-electron chi connectivity index (χ2n) is 12.2. The molecule has 5 fully saturated rings. The van der Waals surface area contributed by atoms with Crippen molar-refractivity contribution >= 4 is 11.5 Å². The first-order valence-corrected chi connectivity index (χ1v) is 15.5. The van der Waals surface area contributed by atoms with Crippen LogP contribution < -0.4 is 5.32 Å². The molecule has 34 heavy (non-hydrogen) atoms. The summed E-state index contributed by atoms with van der Waals surface area (Å²) in [6.07, 6.45) is 19.9. The van der Waals surface area contributed by atoms with Gasteiger partial charge in [0.2, 0.25) is 0 Å². The van der Waals surface area contributed by atoms with Gasteiger partial charge in [-0.25, -0.2) is 0 Å². The third-order valence-corrected chi connectivity index (χ3v) is 10.9. The van der Waals surface area contributed by atoms with E-state index >= 15 is 0 Å². The molecule has 2 aliphatic heterocycles. The maximum Gasteiger partial charge on any atom is 0.147 e. The van der Waals surface area contributed by atoms with Crippen LogP contribution in [0.25, 0.3) is 0 Å². The predicted molar refractivity (Wildman–Crippen MR) is 137 cm³/mol. The molecule has 1 N–H and O–H groups in total. The van der Waals surface area contributed by atoms with Crippen LogP contribution in [-0.2, 0) is 5.66 Å². The van der Waals surface area contributed by atoms with E-state index in [4.69, 9.17) is 5.10 Å². The van der Waals surface area contributed by atoms with Crippen molar-refractivity contribution in [3.63, 3.8) is 0 Å². The molecule has 0 spiro atoms. The zero-order valence-corrected chi connectivity index (χ0v) is 21.7. The van der Waals surface area contributed by atoms with Crippen LogP contribution in [0, 0.1) is 23.7 Å². The van der Waals surface area contributed by atoms with Crippen LogP contribution in [-0.4, -0.2) is 51.6 Å². The Morgan fingerprint density at radius 3 is 2.15 bits per heavy atom. The minimum Gasteiger partial charge on any atom is -0.348 e. The molecule has 7 rings (SSSR count). The largest absolute Gasteiger partial charge is 0.348 e. The normalized spacial score (nSPS) is 34.8. The van der Waals surface area contributed by atoms with Crippen molar-refractivity contribution in [3.8, 4) is 0 Å². The Hall–Kier alpha value is -0.980. The number of hydrogen-bond donors (Lipinski definition) is 1. The summed E-state index contributed by atoms with van der Waals surface area (Å²) < 4.78 is 4.53. The van der Waals surface area contributed by atoms with Crippen LogP contribution in [0.1, 0.15) is 95.6 Å². The third kappa shape index (κ3) is 3.45. The average molecular weight is 482 g/mol. The van der Waals surface area contributed by atoms with Gasteiger partial charge in [0.15, 0.2) is 0 Å². The van der Waals surface area contributed by atoms with Gasteiger partial charge < -0.3 is 10.2 Å². The quantitative estimate of drug-likeness (QED) is 0.580. The number of aromatic nitrogens is 2. The van der Waals surface area contributed by atoms with Gasteiger partial charge in [-0.1, -0.05) is 43.0 Å². The van der Waals surface area contributed by atoms with E-state index in [1.165, 1.54) is 95.6 Å². The summed E-state index contributed by atoms with van der Waals surface area (Å²) in [6.45, 7) is 4.49. The molecular formula is C28H43N5S. The molecule has 4 saturated carbocycles. The molecule has 2 atom stereocenters. The molecule has 0 bridgehead atoms. The van der Waals surface area contributed by atoms with Crippen molar-refractivity contribution in [2.45, 2.75) is 102 Å². The van der Waals surface area contributed by atoms with E-state index in [0.29, 0.717) is 5.92 Å². The smallest absolute Gasteiger partial charge is 0.147 e. The first-order chi connectivity index (χ1) is 16.9. The minimum absolute atomic E-state index is 0.0822. The van der Waals surface area contributed by atoms with Gasteiger partial charge in [-0.15, -0.1) is 5.10 Å². The monoisotopic (exact) mass is 481 g/mol. The molecule has 2 unspecified atom stereocenters. The predicted octanol–water partition coefficient (Wildman–Crippen LogP) is 5.52. The van der Waals surface area contributed by atoms with Crippen molar-refractivity contribution in [2.24, 2.45) is 23.7 Å². The van der Waals surface area contributed by atoms with E-state index in [0.717, 1.165) is 50.0 Å². The molecule has 186 valence electrons. The fourth-order valence-corrected chi connectivity index (χ4v) is 9.15. The van der Waals surface area contributed by atoms with Gasteiger partial charge >= 0.3 is 0 Å². The van der Waals surface area contributed by atoms with E-state index in [9.17, 15) is 0 Å². The molecule has 3 heterocycles. The number of allylic oxidation sites excluding steroid dienone is 1. The summed E-state index contributed by atoms with van der Waals surface area (Å²) in [4.78, 5) is 5.99. The van der Waals surface area contributed by atoms with Gasteiger partial charge in [-0.3, -0.25) is 4.90 Å². The fourth-order valence-electron chi connectivity index (χ4n) is 8.65. The molecule has 0 amide bonds. The lowest BCUT2D eigenvalue weighted by Crippen LogP contribution is -2.65. The Bertz CT molecular complexity index is 873. The molecular weight excluding hydrogens is 438 g/mol. The topological polar surface area (TPSA) is 44.3 Å². The molecule has 1 aromatic rings. The molecule has 6 aliphatic rings. The van der Waals surface area contributed by atoms with Crippen LogP contribution in [0.5, 0.6) is 0 Å². The standard InChI is InChI=1S/C28H43N5S/c1-2-9-21(10-3-1)26-25(20-7-4-5-8-20)27(22-11-6-12-22)33(23-13-14-23)28(26,24-19-34-31-30-24)32-17-15-29-16-18-32/h19-23,26,29H,1-18H2. The van der Waals surface area contributed by atoms with Crippen LogP contribution >= 0.6 is 11.5 Å². The maximum atomic E-state index is 4.99. The molecule has 4 aliphatic carbocycles. The van der Waals surface area contributed by atoms with Crippen LogP contribution in [0.4, 0.5) is 0 Å². The van der Waals surface area contributed by atoms with Crippen LogP contribution in [0.2, 0.25) is 0 Å². The highest BCUT2D eigenvalue weighted by Crippen LogP contribution is 2.64. The Balaban J connectivity index is 1.46. The van der Waals surface area contributed by atoms with Crippen LogP contribution in [0.15, 0.2) is 16.7 Å². The van der Waals surface area contributed by atoms with Gasteiger partial charge in [-0.05, 0) is 86.2 Å². The summed E-state index contributed by atoms with van der Waals surface area (Å²) in [5, 5.41) is 11.0. The van der Waals surface area contributed by atoms with Gasteiger partial charge in [0.25, 0.3) is 0 Å². The van der Waals surface area contributed by atoms with Crippen molar-refractivity contribution in [1.82, 2.24) is 24.7 Å². The molecule has 1 saturated heterocycles.